The van der Waals surface area contributed by atoms with Crippen LogP contribution in [0.25, 0.3) is 6.08 Å². The SMILES string of the molecule is Cc1ccc(/C=C/C(=O)OCC(=O)c2ccc(Br)s2)o1. The molecule has 0 saturated heterocycles. The highest BCUT2D eigenvalue weighted by Crippen LogP contribution is 2.22. The number of hydrogen-bond acceptors (Lipinski definition) is 5. The third-order valence-electron chi connectivity index (χ3n) is 2.34. The largest absolute Gasteiger partial charge is 0.462 e. The Bertz CT molecular complexity index is 654. The first kappa shape index (κ1) is 14.7. The first-order valence-electron chi connectivity index (χ1n) is 5.74. The highest BCUT2D eigenvalue weighted by molar-refractivity contribution is 9.11. The summed E-state index contributed by atoms with van der Waals surface area (Å²) < 4.78 is 11.0. The highest BCUT2D eigenvalue weighted by Gasteiger charge is 2.10. The van der Waals surface area contributed by atoms with Crippen molar-refractivity contribution < 1.29 is 18.7 Å². The normalized spacial score (nSPS) is 10.9. The van der Waals surface area contributed by atoms with Gasteiger partial charge in [-0.05, 0) is 53.2 Å². The Kier molecular flexibility index (Phi) is 4.92. The Labute approximate surface area is 128 Å². The number of rotatable bonds is 5. The molecule has 0 aromatic carbocycles. The molecule has 2 heterocycles. The van der Waals surface area contributed by atoms with Crippen molar-refractivity contribution in [3.8, 4) is 0 Å². The van der Waals surface area contributed by atoms with E-state index in [9.17, 15) is 9.59 Å². The van der Waals surface area contributed by atoms with Crippen LogP contribution in [-0.4, -0.2) is 18.4 Å². The van der Waals surface area contributed by atoms with E-state index in [4.69, 9.17) is 9.15 Å². The fraction of sp³-hybridized carbons (Fsp3) is 0.143. The number of halogens is 1. The van der Waals surface area contributed by atoms with Crippen LogP contribution >= 0.6 is 27.3 Å². The maximum atomic E-state index is 11.7. The van der Waals surface area contributed by atoms with Crippen molar-refractivity contribution in [2.75, 3.05) is 6.61 Å². The summed E-state index contributed by atoms with van der Waals surface area (Å²) in [6.45, 7) is 1.54. The highest BCUT2D eigenvalue weighted by atomic mass is 79.9. The molecular formula is C14H11BrO4S. The second-order valence-electron chi connectivity index (χ2n) is 3.92. The number of carbonyl (C=O) groups is 2. The average Bonchev–Trinajstić information content (AvgIpc) is 3.02. The third kappa shape index (κ3) is 4.18. The Morgan fingerprint density at radius 2 is 2.15 bits per heavy atom. The van der Waals surface area contributed by atoms with Gasteiger partial charge in [-0.15, -0.1) is 11.3 Å². The molecule has 104 valence electrons. The summed E-state index contributed by atoms with van der Waals surface area (Å²) >= 11 is 4.57. The van der Waals surface area contributed by atoms with Gasteiger partial charge in [0.05, 0.1) is 8.66 Å². The molecule has 0 spiro atoms. The molecule has 0 unspecified atom stereocenters. The summed E-state index contributed by atoms with van der Waals surface area (Å²) in [5.41, 5.74) is 0. The summed E-state index contributed by atoms with van der Waals surface area (Å²) in [4.78, 5) is 23.7. The zero-order valence-corrected chi connectivity index (χ0v) is 13.0. The van der Waals surface area contributed by atoms with Gasteiger partial charge in [-0.1, -0.05) is 0 Å². The van der Waals surface area contributed by atoms with Crippen LogP contribution in [0.3, 0.4) is 0 Å². The second-order valence-corrected chi connectivity index (χ2v) is 6.38. The van der Waals surface area contributed by atoms with Crippen molar-refractivity contribution in [3.63, 3.8) is 0 Å². The van der Waals surface area contributed by atoms with Gasteiger partial charge in [0.2, 0.25) is 5.78 Å². The van der Waals surface area contributed by atoms with Crippen molar-refractivity contribution in [2.45, 2.75) is 6.92 Å². The van der Waals surface area contributed by atoms with Gasteiger partial charge < -0.3 is 9.15 Å². The van der Waals surface area contributed by atoms with Gasteiger partial charge in [-0.2, -0.15) is 0 Å². The van der Waals surface area contributed by atoms with Crippen LogP contribution in [0.15, 0.2) is 38.5 Å². The Balaban J connectivity index is 1.83. The quantitative estimate of drug-likeness (QED) is 0.464. The molecule has 2 rings (SSSR count). The van der Waals surface area contributed by atoms with Crippen LogP contribution in [0, 0.1) is 6.92 Å². The molecule has 0 bridgehead atoms. The lowest BCUT2D eigenvalue weighted by atomic mass is 10.3. The van der Waals surface area contributed by atoms with E-state index in [-0.39, 0.29) is 12.4 Å². The van der Waals surface area contributed by atoms with Gasteiger partial charge in [0, 0.05) is 6.08 Å². The molecule has 0 saturated carbocycles. The summed E-state index contributed by atoms with van der Waals surface area (Å²) in [6, 6.07) is 7.00. The van der Waals surface area contributed by atoms with Gasteiger partial charge in [0.1, 0.15) is 11.5 Å². The minimum atomic E-state index is -0.581. The molecular weight excluding hydrogens is 344 g/mol. The van der Waals surface area contributed by atoms with Crippen molar-refractivity contribution in [2.24, 2.45) is 0 Å². The smallest absolute Gasteiger partial charge is 0.331 e. The Morgan fingerprint density at radius 1 is 1.35 bits per heavy atom. The molecule has 4 nitrogen and oxygen atoms in total. The molecule has 0 N–H and O–H groups in total. The van der Waals surface area contributed by atoms with Gasteiger partial charge in [-0.25, -0.2) is 4.79 Å². The molecule has 0 atom stereocenters. The summed E-state index contributed by atoms with van der Waals surface area (Å²) in [5.74, 6) is 0.517. The van der Waals surface area contributed by atoms with Crippen molar-refractivity contribution in [3.05, 3.63) is 50.5 Å². The lowest BCUT2D eigenvalue weighted by molar-refractivity contribution is -0.136. The number of furan rings is 1. The standard InChI is InChI=1S/C14H11BrO4S/c1-9-2-3-10(19-9)4-7-14(17)18-8-11(16)12-5-6-13(15)20-12/h2-7H,8H2,1H3/b7-4+. The molecule has 2 aromatic heterocycles. The molecule has 0 aliphatic rings. The maximum Gasteiger partial charge on any atom is 0.331 e. The number of esters is 1. The predicted molar refractivity (Wildman–Crippen MR) is 79.8 cm³/mol. The zero-order valence-electron chi connectivity index (χ0n) is 10.6. The minimum Gasteiger partial charge on any atom is -0.462 e. The number of ketones is 1. The van der Waals surface area contributed by atoms with Crippen LogP contribution < -0.4 is 0 Å². The van der Waals surface area contributed by atoms with E-state index in [0.29, 0.717) is 10.6 Å². The topological polar surface area (TPSA) is 56.5 Å². The van der Waals surface area contributed by atoms with Gasteiger partial charge in [0.15, 0.2) is 6.61 Å². The molecule has 20 heavy (non-hydrogen) atoms. The lowest BCUT2D eigenvalue weighted by Crippen LogP contribution is -2.11. The van der Waals surface area contributed by atoms with Crippen LogP contribution in [0.2, 0.25) is 0 Å². The third-order valence-corrected chi connectivity index (χ3v) is 4.00. The van der Waals surface area contributed by atoms with Crippen LogP contribution in [-0.2, 0) is 9.53 Å². The summed E-state index contributed by atoms with van der Waals surface area (Å²) in [7, 11) is 0. The van der Waals surface area contributed by atoms with Gasteiger partial charge >= 0.3 is 5.97 Å². The lowest BCUT2D eigenvalue weighted by Gasteiger charge is -1.99. The van der Waals surface area contributed by atoms with Crippen molar-refractivity contribution >= 4 is 45.1 Å². The van der Waals surface area contributed by atoms with Gasteiger partial charge in [-0.3, -0.25) is 4.79 Å². The van der Waals surface area contributed by atoms with E-state index in [1.165, 1.54) is 23.5 Å². The number of aryl methyl sites for hydroxylation is 1. The average molecular weight is 355 g/mol. The first-order chi connectivity index (χ1) is 9.54. The van der Waals surface area contributed by atoms with Crippen LogP contribution in [0.5, 0.6) is 0 Å². The fourth-order valence-electron chi connectivity index (χ4n) is 1.41. The van der Waals surface area contributed by atoms with Crippen molar-refractivity contribution in [1.29, 1.82) is 0 Å². The zero-order chi connectivity index (χ0) is 14.5. The molecule has 0 fully saturated rings. The van der Waals surface area contributed by atoms with Crippen LogP contribution in [0.4, 0.5) is 0 Å². The monoisotopic (exact) mass is 354 g/mol. The Hall–Kier alpha value is -1.66. The summed E-state index contributed by atoms with van der Waals surface area (Å²) in [6.07, 6.45) is 2.73. The number of hydrogen-bond donors (Lipinski definition) is 0. The maximum absolute atomic E-state index is 11.7. The molecule has 6 heteroatoms. The molecule has 0 radical (unpaired) electrons. The molecule has 2 aromatic rings. The predicted octanol–water partition coefficient (Wildman–Crippen LogP) is 3.85. The van der Waals surface area contributed by atoms with E-state index < -0.39 is 5.97 Å². The van der Waals surface area contributed by atoms with Crippen LogP contribution in [0.1, 0.15) is 21.2 Å². The van der Waals surface area contributed by atoms with E-state index in [0.717, 1.165) is 9.55 Å². The van der Waals surface area contributed by atoms with E-state index >= 15 is 0 Å². The molecule has 0 aliphatic carbocycles. The number of carbonyl (C=O) groups excluding carboxylic acids is 2. The number of thiophene rings is 1. The summed E-state index contributed by atoms with van der Waals surface area (Å²) in [5, 5.41) is 0. The van der Waals surface area contributed by atoms with E-state index in [1.807, 2.05) is 6.92 Å². The van der Waals surface area contributed by atoms with E-state index in [2.05, 4.69) is 15.9 Å². The van der Waals surface area contributed by atoms with Crippen molar-refractivity contribution in [1.82, 2.24) is 0 Å². The minimum absolute atomic E-state index is 0.226. The van der Waals surface area contributed by atoms with E-state index in [1.54, 1.807) is 24.3 Å². The Morgan fingerprint density at radius 3 is 2.75 bits per heavy atom. The molecule has 0 aliphatic heterocycles. The molecule has 0 amide bonds. The number of ether oxygens (including phenoxy) is 1. The fourth-order valence-corrected chi connectivity index (χ4v) is 2.72. The van der Waals surface area contributed by atoms with Gasteiger partial charge in [0.25, 0.3) is 0 Å². The number of Topliss-reactive ketones (excluding diaryl/α,β-unsaturated/α-hetero) is 1. The first-order valence-corrected chi connectivity index (χ1v) is 7.35. The second kappa shape index (κ2) is 6.67.